The molecule has 4 heteroatoms. The van der Waals surface area contributed by atoms with Crippen molar-refractivity contribution in [3.05, 3.63) is 29.3 Å². The monoisotopic (exact) mass is 263 g/mol. The first kappa shape index (κ1) is 13.9. The predicted molar refractivity (Wildman–Crippen MR) is 73.2 cm³/mol. The molecule has 19 heavy (non-hydrogen) atoms. The van der Waals surface area contributed by atoms with Gasteiger partial charge in [-0.05, 0) is 38.0 Å². The molecule has 0 saturated carbocycles. The summed E-state index contributed by atoms with van der Waals surface area (Å²) < 4.78 is 10.5. The first-order valence-corrected chi connectivity index (χ1v) is 6.53. The molecule has 4 nitrogen and oxygen atoms in total. The van der Waals surface area contributed by atoms with Crippen LogP contribution in [-0.2, 0) is 22.5 Å². The van der Waals surface area contributed by atoms with E-state index >= 15 is 0 Å². The van der Waals surface area contributed by atoms with Gasteiger partial charge in [-0.25, -0.2) is 0 Å². The fraction of sp³-hybridized carbons (Fsp3) is 0.533. The fourth-order valence-corrected chi connectivity index (χ4v) is 2.30. The van der Waals surface area contributed by atoms with E-state index < -0.39 is 0 Å². The summed E-state index contributed by atoms with van der Waals surface area (Å²) in [5, 5.41) is 3.15. The van der Waals surface area contributed by atoms with Gasteiger partial charge >= 0.3 is 5.97 Å². The van der Waals surface area contributed by atoms with Gasteiger partial charge in [-0.15, -0.1) is 0 Å². The second-order valence-corrected chi connectivity index (χ2v) is 5.61. The van der Waals surface area contributed by atoms with E-state index in [4.69, 9.17) is 4.74 Å². The van der Waals surface area contributed by atoms with Gasteiger partial charge in [0.15, 0.2) is 0 Å². The second kappa shape index (κ2) is 5.21. The van der Waals surface area contributed by atoms with Crippen LogP contribution >= 0.6 is 0 Å². The van der Waals surface area contributed by atoms with Crippen LogP contribution in [0.1, 0.15) is 31.9 Å². The van der Waals surface area contributed by atoms with E-state index in [0.29, 0.717) is 6.54 Å². The molecule has 0 radical (unpaired) electrons. The Morgan fingerprint density at radius 1 is 1.53 bits per heavy atom. The molecule has 1 aliphatic rings. The molecule has 104 valence electrons. The molecule has 0 saturated heterocycles. The summed E-state index contributed by atoms with van der Waals surface area (Å²) in [7, 11) is 1.40. The van der Waals surface area contributed by atoms with Crippen LogP contribution in [0.25, 0.3) is 0 Å². The van der Waals surface area contributed by atoms with Crippen molar-refractivity contribution in [1.82, 2.24) is 5.32 Å². The van der Waals surface area contributed by atoms with Gasteiger partial charge in [0.25, 0.3) is 0 Å². The maximum absolute atomic E-state index is 11.3. The third-order valence-electron chi connectivity index (χ3n) is 3.29. The van der Waals surface area contributed by atoms with Crippen LogP contribution in [0.5, 0.6) is 5.75 Å². The summed E-state index contributed by atoms with van der Waals surface area (Å²) in [6, 6.07) is 5.87. The third-order valence-corrected chi connectivity index (χ3v) is 3.29. The maximum Gasteiger partial charge on any atom is 0.322 e. The fourth-order valence-electron chi connectivity index (χ4n) is 2.30. The van der Waals surface area contributed by atoms with E-state index in [9.17, 15) is 4.79 Å². The summed E-state index contributed by atoms with van der Waals surface area (Å²) in [5.74, 6) is 0.723. The quantitative estimate of drug-likeness (QED) is 0.845. The number of ether oxygens (including phenoxy) is 2. The number of fused-ring (bicyclic) bond motifs is 1. The lowest BCUT2D eigenvalue weighted by Crippen LogP contribution is -2.34. The Bertz CT molecular complexity index is 482. The first-order valence-electron chi connectivity index (χ1n) is 6.53. The highest BCUT2D eigenvalue weighted by Gasteiger charge is 2.29. The van der Waals surface area contributed by atoms with Gasteiger partial charge in [0.05, 0.1) is 7.11 Å². The molecule has 0 aromatic heterocycles. The Kier molecular flexibility index (Phi) is 3.80. The van der Waals surface area contributed by atoms with Gasteiger partial charge < -0.3 is 14.8 Å². The van der Waals surface area contributed by atoms with Crippen molar-refractivity contribution in [2.75, 3.05) is 7.11 Å². The van der Waals surface area contributed by atoms with Gasteiger partial charge in [-0.2, -0.15) is 0 Å². The number of methoxy groups -OCH3 is 1. The second-order valence-electron chi connectivity index (χ2n) is 5.61. The van der Waals surface area contributed by atoms with Crippen LogP contribution in [-0.4, -0.2) is 24.7 Å². The van der Waals surface area contributed by atoms with E-state index in [-0.39, 0.29) is 17.6 Å². The molecule has 0 fully saturated rings. The van der Waals surface area contributed by atoms with Crippen molar-refractivity contribution in [3.8, 4) is 5.75 Å². The standard InChI is InChI=1S/C15H21NO3/c1-10(14(17)18-4)16-9-11-5-6-13-12(7-11)8-15(2,3)19-13/h5-7,10,16H,8-9H2,1-4H3. The molecule has 0 spiro atoms. The molecule has 1 aliphatic heterocycles. The van der Waals surface area contributed by atoms with Crippen molar-refractivity contribution in [1.29, 1.82) is 0 Å². The van der Waals surface area contributed by atoms with Crippen molar-refractivity contribution < 1.29 is 14.3 Å². The number of benzene rings is 1. The van der Waals surface area contributed by atoms with Crippen LogP contribution in [0.2, 0.25) is 0 Å². The van der Waals surface area contributed by atoms with Crippen molar-refractivity contribution in [2.45, 2.75) is 45.4 Å². The Morgan fingerprint density at radius 3 is 2.95 bits per heavy atom. The highest BCUT2D eigenvalue weighted by Crippen LogP contribution is 2.35. The van der Waals surface area contributed by atoms with E-state index in [1.54, 1.807) is 6.92 Å². The van der Waals surface area contributed by atoms with Crippen molar-refractivity contribution in [2.24, 2.45) is 0 Å². The number of carbonyl (C=O) groups excluding carboxylic acids is 1. The number of carbonyl (C=O) groups is 1. The molecule has 1 atom stereocenters. The molecule has 1 unspecified atom stereocenters. The van der Waals surface area contributed by atoms with Crippen molar-refractivity contribution in [3.63, 3.8) is 0 Å². The van der Waals surface area contributed by atoms with E-state index in [0.717, 1.165) is 17.7 Å². The Labute approximate surface area is 114 Å². The molecule has 1 aromatic rings. The van der Waals surface area contributed by atoms with Crippen LogP contribution < -0.4 is 10.1 Å². The number of rotatable bonds is 4. The minimum Gasteiger partial charge on any atom is -0.487 e. The zero-order valence-corrected chi connectivity index (χ0v) is 11.9. The number of esters is 1. The molecule has 0 bridgehead atoms. The topological polar surface area (TPSA) is 47.6 Å². The SMILES string of the molecule is COC(=O)C(C)NCc1ccc2c(c1)CC(C)(C)O2. The van der Waals surface area contributed by atoms with Crippen molar-refractivity contribution >= 4 is 5.97 Å². The zero-order valence-electron chi connectivity index (χ0n) is 11.9. The summed E-state index contributed by atoms with van der Waals surface area (Å²) in [6.07, 6.45) is 0.919. The molecular formula is C15H21NO3. The van der Waals surface area contributed by atoms with Crippen LogP contribution in [0, 0.1) is 0 Å². The zero-order chi connectivity index (χ0) is 14.0. The molecule has 2 rings (SSSR count). The molecule has 1 heterocycles. The summed E-state index contributed by atoms with van der Waals surface area (Å²) in [4.78, 5) is 11.3. The highest BCUT2D eigenvalue weighted by atomic mass is 16.5. The summed E-state index contributed by atoms with van der Waals surface area (Å²) in [6.45, 7) is 6.61. The Balaban J connectivity index is 1.99. The van der Waals surface area contributed by atoms with Gasteiger partial charge in [0, 0.05) is 13.0 Å². The summed E-state index contributed by atoms with van der Waals surface area (Å²) in [5.41, 5.74) is 2.26. The van der Waals surface area contributed by atoms with E-state index in [1.165, 1.54) is 12.7 Å². The summed E-state index contributed by atoms with van der Waals surface area (Å²) >= 11 is 0. The molecule has 1 N–H and O–H groups in total. The Morgan fingerprint density at radius 2 is 2.26 bits per heavy atom. The van der Waals surface area contributed by atoms with Crippen LogP contribution in [0.3, 0.4) is 0 Å². The Hall–Kier alpha value is -1.55. The number of hydrogen-bond donors (Lipinski definition) is 1. The lowest BCUT2D eigenvalue weighted by atomic mass is 10.0. The molecule has 1 aromatic carbocycles. The van der Waals surface area contributed by atoms with Gasteiger partial charge in [-0.3, -0.25) is 4.79 Å². The average Bonchev–Trinajstić information content (AvgIpc) is 2.67. The predicted octanol–water partition coefficient (Wildman–Crippen LogP) is 2.05. The smallest absolute Gasteiger partial charge is 0.322 e. The molecule has 0 aliphatic carbocycles. The largest absolute Gasteiger partial charge is 0.487 e. The van der Waals surface area contributed by atoms with E-state index in [2.05, 4.69) is 30.0 Å². The van der Waals surface area contributed by atoms with Gasteiger partial charge in [0.2, 0.25) is 0 Å². The average molecular weight is 263 g/mol. The lowest BCUT2D eigenvalue weighted by molar-refractivity contribution is -0.142. The molecular weight excluding hydrogens is 242 g/mol. The number of nitrogens with one attached hydrogen (secondary N) is 1. The lowest BCUT2D eigenvalue weighted by Gasteiger charge is -2.16. The maximum atomic E-state index is 11.3. The molecule has 0 amide bonds. The van der Waals surface area contributed by atoms with Gasteiger partial charge in [0.1, 0.15) is 17.4 Å². The third kappa shape index (κ3) is 3.26. The minimum atomic E-state index is -0.300. The number of hydrogen-bond acceptors (Lipinski definition) is 4. The van der Waals surface area contributed by atoms with Gasteiger partial charge in [-0.1, -0.05) is 12.1 Å². The highest BCUT2D eigenvalue weighted by molar-refractivity contribution is 5.75. The van der Waals surface area contributed by atoms with Crippen LogP contribution in [0.15, 0.2) is 18.2 Å². The minimum absolute atomic E-state index is 0.117. The first-order chi connectivity index (χ1) is 8.91. The van der Waals surface area contributed by atoms with Crippen LogP contribution in [0.4, 0.5) is 0 Å². The normalized spacial score (nSPS) is 17.5. The van der Waals surface area contributed by atoms with E-state index in [1.807, 2.05) is 12.1 Å².